The summed E-state index contributed by atoms with van der Waals surface area (Å²) in [5.74, 6) is -1.22. The lowest BCUT2D eigenvalue weighted by atomic mass is 10.0. The summed E-state index contributed by atoms with van der Waals surface area (Å²) >= 11 is 11.2. The van der Waals surface area contributed by atoms with Crippen LogP contribution in [0.15, 0.2) is 39.1 Å². The number of thioether (sulfide) groups is 3. The van der Waals surface area contributed by atoms with Crippen LogP contribution in [0.3, 0.4) is 0 Å². The highest BCUT2D eigenvalue weighted by Crippen LogP contribution is 2.45. The summed E-state index contributed by atoms with van der Waals surface area (Å²) in [5, 5.41) is 26.3. The van der Waals surface area contributed by atoms with Crippen molar-refractivity contribution in [2.24, 2.45) is 5.16 Å². The lowest BCUT2D eigenvalue weighted by molar-refractivity contribution is -0.406. The van der Waals surface area contributed by atoms with Gasteiger partial charge in [0.2, 0.25) is 0 Å². The molecule has 38 heavy (non-hydrogen) atoms. The molecule has 0 aliphatic carbocycles. The Morgan fingerprint density at radius 2 is 2.26 bits per heavy atom. The van der Waals surface area contributed by atoms with Crippen molar-refractivity contribution in [3.8, 4) is 0 Å². The van der Waals surface area contributed by atoms with Gasteiger partial charge in [-0.15, -0.1) is 11.8 Å². The van der Waals surface area contributed by atoms with Crippen LogP contribution in [0.25, 0.3) is 0 Å². The van der Waals surface area contributed by atoms with Crippen LogP contribution >= 0.6 is 58.2 Å². The predicted molar refractivity (Wildman–Crippen MR) is 146 cm³/mol. The first-order valence-electron chi connectivity index (χ1n) is 11.0. The number of aliphatic carboxylic acids is 1. The monoisotopic (exact) mass is 615 g/mol. The molecule has 2 aliphatic rings. The maximum atomic E-state index is 13.0. The molecular weight excluding hydrogens is 594 g/mol. The molecule has 0 unspecified atom stereocenters. The van der Waals surface area contributed by atoms with Crippen molar-refractivity contribution in [3.05, 3.63) is 44.7 Å². The average Bonchev–Trinajstić information content (AvgIpc) is 3.20. The third-order valence-electron chi connectivity index (χ3n) is 5.31. The minimum absolute atomic E-state index is 0.0395. The van der Waals surface area contributed by atoms with Gasteiger partial charge in [-0.2, -0.15) is 11.8 Å². The molecule has 7 N–H and O–H groups in total. The Morgan fingerprint density at radius 3 is 2.89 bits per heavy atom. The van der Waals surface area contributed by atoms with Crippen LogP contribution in [0.5, 0.6) is 0 Å². The highest BCUT2D eigenvalue weighted by Gasteiger charge is 2.53. The Hall–Kier alpha value is -2.50. The first-order chi connectivity index (χ1) is 18.1. The van der Waals surface area contributed by atoms with Crippen LogP contribution in [0.4, 0.5) is 5.13 Å². The molecule has 2 aliphatic heterocycles. The standard InChI is InChI=1S/C21H22ClN7O5S4/c1-8(23)5-35-6-9-4-25-3-2-10(9)37-11-7-36-19-14(18(31)29(19)15(11)20(32)33)26-17(30)13(28-34)12-16(22)38-21(24)27-12/h2-4,8,14,19,34H,5-7,23H2,1H3,(H2,24,27)(H,26,30)(H,32,33)/b28-13-/t8-,14-,19-/m1/s1. The fourth-order valence-corrected chi connectivity index (χ4v) is 8.21. The predicted octanol–water partition coefficient (Wildman–Crippen LogP) is -0.0307. The maximum absolute atomic E-state index is 13.0. The maximum Gasteiger partial charge on any atom is 0.276 e. The molecule has 2 aromatic rings. The Labute approximate surface area is 238 Å². The topological polar surface area (TPSA) is 202 Å². The second-order valence-corrected chi connectivity index (χ2v) is 13.2. The molecule has 1 fully saturated rings. The van der Waals surface area contributed by atoms with Gasteiger partial charge in [0.05, 0.1) is 17.7 Å². The van der Waals surface area contributed by atoms with Gasteiger partial charge in [0.25, 0.3) is 11.8 Å². The normalized spacial score (nSPS) is 20.1. The van der Waals surface area contributed by atoms with E-state index in [-0.39, 0.29) is 32.7 Å². The summed E-state index contributed by atoms with van der Waals surface area (Å²) in [6, 6.07) is 1.03. The van der Waals surface area contributed by atoms with Crippen molar-refractivity contribution < 1.29 is 30.4 Å². The van der Waals surface area contributed by atoms with E-state index < -0.39 is 34.9 Å². The summed E-state index contributed by atoms with van der Waals surface area (Å²) in [7, 11) is 0. The van der Waals surface area contributed by atoms with Gasteiger partial charge in [0.15, 0.2) is 10.8 Å². The number of nitrogen functional groups attached to an aromatic ring is 1. The van der Waals surface area contributed by atoms with Gasteiger partial charge in [0.1, 0.15) is 21.4 Å². The third kappa shape index (κ3) is 5.89. The molecular formula is C21H22ClN7O5S4. The van der Waals surface area contributed by atoms with Crippen molar-refractivity contribution in [1.82, 2.24) is 20.2 Å². The van der Waals surface area contributed by atoms with E-state index in [1.807, 2.05) is 6.92 Å². The molecule has 0 bridgehead atoms. The molecule has 0 aromatic carbocycles. The summed E-state index contributed by atoms with van der Waals surface area (Å²) < 4.78 is 0.0395. The third-order valence-corrected chi connectivity index (χ3v) is 10.4. The van der Waals surface area contributed by atoms with Crippen LogP contribution < -0.4 is 21.9 Å². The number of hydrogen-bond donors (Lipinski definition) is 4. The number of quaternary nitrogens is 1. The molecule has 4 heterocycles. The molecule has 0 radical (unpaired) electrons. The van der Waals surface area contributed by atoms with E-state index in [9.17, 15) is 24.7 Å². The van der Waals surface area contributed by atoms with Gasteiger partial charge in [-0.3, -0.25) is 19.5 Å². The number of β-lactam (4-membered cyclic amide) rings is 1. The number of anilines is 1. The van der Waals surface area contributed by atoms with Gasteiger partial charge in [-0.1, -0.05) is 39.9 Å². The van der Waals surface area contributed by atoms with Crippen molar-refractivity contribution in [1.29, 1.82) is 0 Å². The zero-order valence-electron chi connectivity index (χ0n) is 19.7. The molecule has 2 amide bonds. The number of nitrogens with one attached hydrogen (secondary N) is 1. The van der Waals surface area contributed by atoms with Crippen molar-refractivity contribution in [2.75, 3.05) is 17.2 Å². The highest BCUT2D eigenvalue weighted by molar-refractivity contribution is 8.06. The number of nitrogens with two attached hydrogens (primary N) is 1. The number of aromatic nitrogens is 2. The van der Waals surface area contributed by atoms with E-state index >= 15 is 0 Å². The Bertz CT molecular complexity index is 1330. The summed E-state index contributed by atoms with van der Waals surface area (Å²) in [6.45, 7) is 2.03. The van der Waals surface area contributed by atoms with Gasteiger partial charge in [-0.25, -0.2) is 4.98 Å². The number of fused-ring (bicyclic) bond motifs is 1. The van der Waals surface area contributed by atoms with Crippen LogP contribution in [-0.2, 0) is 20.1 Å². The molecule has 3 atom stereocenters. The lowest BCUT2D eigenvalue weighted by Gasteiger charge is -2.50. The molecule has 0 spiro atoms. The molecule has 1 saturated heterocycles. The van der Waals surface area contributed by atoms with E-state index in [4.69, 9.17) is 17.3 Å². The zero-order chi connectivity index (χ0) is 27.6. The molecule has 4 rings (SSSR count). The van der Waals surface area contributed by atoms with E-state index in [1.165, 1.54) is 23.5 Å². The zero-order valence-corrected chi connectivity index (χ0v) is 23.8. The smallest absolute Gasteiger partial charge is 0.276 e. The van der Waals surface area contributed by atoms with Crippen LogP contribution in [0.1, 0.15) is 18.2 Å². The Morgan fingerprint density at radius 1 is 1.50 bits per heavy atom. The number of amides is 2. The fraction of sp³-hybridized carbons (Fsp3) is 0.333. The van der Waals surface area contributed by atoms with Crippen molar-refractivity contribution in [2.45, 2.75) is 35.0 Å². The largest absolute Gasteiger partial charge is 0.543 e. The number of carbonyl (C=O) groups is 3. The second-order valence-electron chi connectivity index (χ2n) is 8.25. The molecule has 12 nitrogen and oxygen atoms in total. The van der Waals surface area contributed by atoms with E-state index in [0.717, 1.165) is 32.4 Å². The number of oxime groups is 1. The Balaban J connectivity index is 1.51. The lowest BCUT2D eigenvalue weighted by Crippen LogP contribution is -2.71. The number of carbonyl (C=O) groups excluding carboxylic acids is 3. The quantitative estimate of drug-likeness (QED) is 0.121. The van der Waals surface area contributed by atoms with Gasteiger partial charge >= 0.3 is 0 Å². The number of nitrogens with zero attached hydrogens (tertiary/aromatic N) is 4. The highest BCUT2D eigenvalue weighted by atomic mass is 35.5. The van der Waals surface area contributed by atoms with Crippen LogP contribution in [0.2, 0.25) is 4.34 Å². The Kier molecular flexibility index (Phi) is 9.10. The van der Waals surface area contributed by atoms with Crippen molar-refractivity contribution in [3.63, 3.8) is 0 Å². The number of rotatable bonds is 10. The van der Waals surface area contributed by atoms with Gasteiger partial charge in [0, 0.05) is 39.5 Å². The first-order valence-corrected chi connectivity index (χ1v) is 15.2. The number of carboxylic acids is 1. The minimum atomic E-state index is -1.49. The summed E-state index contributed by atoms with van der Waals surface area (Å²) in [6.07, 6.45) is 3.37. The van der Waals surface area contributed by atoms with Crippen LogP contribution in [0, 0.1) is 0 Å². The summed E-state index contributed by atoms with van der Waals surface area (Å²) in [4.78, 5) is 48.4. The van der Waals surface area contributed by atoms with Gasteiger partial charge < -0.3 is 31.9 Å². The average molecular weight is 616 g/mol. The van der Waals surface area contributed by atoms with E-state index in [2.05, 4.69) is 26.2 Å². The number of carboxylic acid groups (broad SMARTS) is 1. The SMILES string of the molecule is C[C@@H]([NH3+])CSCc1cnccc1SC1=C(C(=O)[O-])N2C(=O)[C@@H](NC(=O)/C(=N\O)c3nc(N)sc3Cl)[C@H]2SC1. The second kappa shape index (κ2) is 12.1. The number of thiazole rings is 1. The molecule has 202 valence electrons. The van der Waals surface area contributed by atoms with E-state index in [1.54, 1.807) is 30.2 Å². The molecule has 0 saturated carbocycles. The van der Waals surface area contributed by atoms with Crippen molar-refractivity contribution >= 4 is 86.9 Å². The van der Waals surface area contributed by atoms with E-state index in [0.29, 0.717) is 10.7 Å². The molecule has 2 aromatic heterocycles. The number of halogens is 1. The minimum Gasteiger partial charge on any atom is -0.543 e. The first kappa shape index (κ1) is 28.5. The van der Waals surface area contributed by atoms with Gasteiger partial charge in [-0.05, 0) is 18.6 Å². The fourth-order valence-electron chi connectivity index (χ4n) is 3.66. The summed E-state index contributed by atoms with van der Waals surface area (Å²) in [5.41, 5.74) is 9.64. The molecule has 17 heteroatoms. The number of pyridine rings is 1. The number of hydrogen-bond acceptors (Lipinski definition) is 13. The van der Waals surface area contributed by atoms with Crippen LogP contribution in [-0.4, -0.2) is 72.5 Å².